The topological polar surface area (TPSA) is 56.1 Å². The number of nitrogens with one attached hydrogen (secondary N) is 1. The van der Waals surface area contributed by atoms with Gasteiger partial charge in [0, 0.05) is 11.2 Å². The Morgan fingerprint density at radius 3 is 2.88 bits per heavy atom. The van der Waals surface area contributed by atoms with Crippen LogP contribution in [0.5, 0.6) is 5.75 Å². The molecule has 1 aromatic heterocycles. The number of anilines is 1. The molecule has 0 bridgehead atoms. The van der Waals surface area contributed by atoms with E-state index in [2.05, 4.69) is 10.4 Å². The molecule has 0 aliphatic rings. The van der Waals surface area contributed by atoms with E-state index in [-0.39, 0.29) is 11.5 Å². The summed E-state index contributed by atoms with van der Waals surface area (Å²) in [7, 11) is 0. The van der Waals surface area contributed by atoms with E-state index in [1.54, 1.807) is 42.6 Å². The maximum Gasteiger partial charge on any atom is 0.276 e. The molecule has 0 aliphatic carbocycles. The first-order valence-electron chi connectivity index (χ1n) is 7.62. The Hall–Kier alpha value is -2.86. The lowest BCUT2D eigenvalue weighted by Gasteiger charge is -2.11. The third-order valence-corrected chi connectivity index (χ3v) is 3.62. The van der Waals surface area contributed by atoms with Crippen molar-refractivity contribution in [1.82, 2.24) is 9.78 Å². The van der Waals surface area contributed by atoms with Crippen molar-refractivity contribution in [3.63, 3.8) is 0 Å². The number of aromatic nitrogens is 2. The highest BCUT2D eigenvalue weighted by atomic mass is 35.5. The molecule has 25 heavy (non-hydrogen) atoms. The van der Waals surface area contributed by atoms with E-state index in [4.69, 9.17) is 16.3 Å². The number of carbonyl (C=O) groups excluding carboxylic acids is 1. The molecule has 0 spiro atoms. The molecule has 1 amide bonds. The van der Waals surface area contributed by atoms with Gasteiger partial charge in [-0.2, -0.15) is 5.10 Å². The van der Waals surface area contributed by atoms with Gasteiger partial charge < -0.3 is 10.1 Å². The van der Waals surface area contributed by atoms with Crippen LogP contribution in [-0.4, -0.2) is 22.3 Å². The molecule has 0 radical (unpaired) electrons. The molecule has 128 valence electrons. The summed E-state index contributed by atoms with van der Waals surface area (Å²) in [6, 6.07) is 12.5. The van der Waals surface area contributed by atoms with E-state index in [1.807, 2.05) is 6.92 Å². The largest absolute Gasteiger partial charge is 0.492 e. The SMILES string of the molecule is CCOc1ccc(Cl)cc1NC(=O)c1ccn(-c2cccc(F)c2)n1. The fourth-order valence-corrected chi connectivity index (χ4v) is 2.45. The molecule has 1 heterocycles. The zero-order chi connectivity index (χ0) is 17.8. The normalized spacial score (nSPS) is 10.5. The monoisotopic (exact) mass is 359 g/mol. The Bertz CT molecular complexity index is 911. The van der Waals surface area contributed by atoms with Crippen LogP contribution in [0.2, 0.25) is 5.02 Å². The van der Waals surface area contributed by atoms with Gasteiger partial charge in [-0.1, -0.05) is 17.7 Å². The molecule has 1 N–H and O–H groups in total. The number of benzene rings is 2. The smallest absolute Gasteiger partial charge is 0.276 e. The number of rotatable bonds is 5. The Morgan fingerprint density at radius 1 is 1.28 bits per heavy atom. The van der Waals surface area contributed by atoms with Gasteiger partial charge in [0.1, 0.15) is 11.6 Å². The summed E-state index contributed by atoms with van der Waals surface area (Å²) in [5, 5.41) is 7.39. The molecular formula is C18H15ClFN3O2. The predicted octanol–water partition coefficient (Wildman–Crippen LogP) is 4.32. The van der Waals surface area contributed by atoms with E-state index in [0.29, 0.717) is 28.8 Å². The minimum absolute atomic E-state index is 0.187. The molecule has 0 saturated heterocycles. The first kappa shape index (κ1) is 17.0. The standard InChI is InChI=1S/C18H15ClFN3O2/c1-2-25-17-7-6-12(19)10-16(17)21-18(24)15-8-9-23(22-15)14-5-3-4-13(20)11-14/h3-11H,2H2,1H3,(H,21,24). The zero-order valence-electron chi connectivity index (χ0n) is 13.4. The van der Waals surface area contributed by atoms with Crippen LogP contribution in [-0.2, 0) is 0 Å². The number of ether oxygens (including phenoxy) is 1. The van der Waals surface area contributed by atoms with Crippen LogP contribution in [0.15, 0.2) is 54.7 Å². The fraction of sp³-hybridized carbons (Fsp3) is 0.111. The Labute approximate surface area is 149 Å². The van der Waals surface area contributed by atoms with Gasteiger partial charge in [0.2, 0.25) is 0 Å². The van der Waals surface area contributed by atoms with Crippen molar-refractivity contribution in [3.8, 4) is 11.4 Å². The molecule has 0 saturated carbocycles. The number of amides is 1. The average molecular weight is 360 g/mol. The number of carbonyl (C=O) groups is 1. The lowest BCUT2D eigenvalue weighted by molar-refractivity contribution is 0.102. The summed E-state index contributed by atoms with van der Waals surface area (Å²) in [5.74, 6) is -0.275. The van der Waals surface area contributed by atoms with E-state index in [0.717, 1.165) is 0 Å². The molecule has 3 rings (SSSR count). The van der Waals surface area contributed by atoms with Gasteiger partial charge in [-0.15, -0.1) is 0 Å². The fourth-order valence-electron chi connectivity index (χ4n) is 2.28. The van der Waals surface area contributed by atoms with E-state index in [1.165, 1.54) is 16.8 Å². The van der Waals surface area contributed by atoms with Crippen molar-refractivity contribution in [3.05, 3.63) is 71.3 Å². The molecule has 0 aliphatic heterocycles. The summed E-state index contributed by atoms with van der Waals surface area (Å²) in [4.78, 5) is 12.4. The van der Waals surface area contributed by atoms with Crippen LogP contribution in [0.4, 0.5) is 10.1 Å². The van der Waals surface area contributed by atoms with Crippen LogP contribution >= 0.6 is 11.6 Å². The van der Waals surface area contributed by atoms with Gasteiger partial charge >= 0.3 is 0 Å². The first-order valence-corrected chi connectivity index (χ1v) is 8.00. The van der Waals surface area contributed by atoms with Crippen molar-refractivity contribution in [1.29, 1.82) is 0 Å². The van der Waals surface area contributed by atoms with Crippen LogP contribution in [0.25, 0.3) is 5.69 Å². The predicted molar refractivity (Wildman–Crippen MR) is 94.1 cm³/mol. The number of halogens is 2. The minimum Gasteiger partial charge on any atom is -0.492 e. The molecule has 0 fully saturated rings. The number of hydrogen-bond donors (Lipinski definition) is 1. The van der Waals surface area contributed by atoms with Crippen molar-refractivity contribution in [2.45, 2.75) is 6.92 Å². The minimum atomic E-state index is -0.418. The summed E-state index contributed by atoms with van der Waals surface area (Å²) < 4.78 is 20.2. The van der Waals surface area contributed by atoms with Gasteiger partial charge in [-0.3, -0.25) is 4.79 Å². The van der Waals surface area contributed by atoms with Crippen molar-refractivity contribution in [2.24, 2.45) is 0 Å². The zero-order valence-corrected chi connectivity index (χ0v) is 14.1. The molecule has 3 aromatic rings. The van der Waals surface area contributed by atoms with Crippen LogP contribution < -0.4 is 10.1 Å². The first-order chi connectivity index (χ1) is 12.1. The highest BCUT2D eigenvalue weighted by molar-refractivity contribution is 6.31. The van der Waals surface area contributed by atoms with Crippen LogP contribution in [0, 0.1) is 5.82 Å². The molecule has 2 aromatic carbocycles. The molecule has 0 atom stereocenters. The Morgan fingerprint density at radius 2 is 2.12 bits per heavy atom. The quantitative estimate of drug-likeness (QED) is 0.738. The van der Waals surface area contributed by atoms with Crippen molar-refractivity contribution in [2.75, 3.05) is 11.9 Å². The number of nitrogens with zero attached hydrogens (tertiary/aromatic N) is 2. The molecule has 0 unspecified atom stereocenters. The highest BCUT2D eigenvalue weighted by Gasteiger charge is 2.14. The van der Waals surface area contributed by atoms with E-state index in [9.17, 15) is 9.18 Å². The highest BCUT2D eigenvalue weighted by Crippen LogP contribution is 2.28. The van der Waals surface area contributed by atoms with Gasteiger partial charge in [0.05, 0.1) is 18.0 Å². The molecule has 7 heteroatoms. The van der Waals surface area contributed by atoms with E-state index >= 15 is 0 Å². The molecule has 5 nitrogen and oxygen atoms in total. The second-order valence-corrected chi connectivity index (χ2v) is 5.59. The average Bonchev–Trinajstić information content (AvgIpc) is 3.08. The lowest BCUT2D eigenvalue weighted by Crippen LogP contribution is -2.14. The summed E-state index contributed by atoms with van der Waals surface area (Å²) >= 11 is 5.98. The van der Waals surface area contributed by atoms with Gasteiger partial charge in [-0.05, 0) is 49.4 Å². The Balaban J connectivity index is 1.82. The summed E-state index contributed by atoms with van der Waals surface area (Å²) in [5.41, 5.74) is 1.17. The van der Waals surface area contributed by atoms with Crippen molar-refractivity contribution < 1.29 is 13.9 Å². The summed E-state index contributed by atoms with van der Waals surface area (Å²) in [6.45, 7) is 2.31. The van der Waals surface area contributed by atoms with Gasteiger partial charge in [0.25, 0.3) is 5.91 Å². The third kappa shape index (κ3) is 3.97. The second kappa shape index (κ2) is 7.36. The summed E-state index contributed by atoms with van der Waals surface area (Å²) in [6.07, 6.45) is 1.59. The van der Waals surface area contributed by atoms with Gasteiger partial charge in [-0.25, -0.2) is 9.07 Å². The molecular weight excluding hydrogens is 345 g/mol. The van der Waals surface area contributed by atoms with E-state index < -0.39 is 5.91 Å². The maximum atomic E-state index is 13.3. The van der Waals surface area contributed by atoms with Crippen LogP contribution in [0.3, 0.4) is 0 Å². The van der Waals surface area contributed by atoms with Gasteiger partial charge in [0.15, 0.2) is 5.69 Å². The van der Waals surface area contributed by atoms with Crippen LogP contribution in [0.1, 0.15) is 17.4 Å². The lowest BCUT2D eigenvalue weighted by atomic mass is 10.2. The third-order valence-electron chi connectivity index (χ3n) is 3.38. The van der Waals surface area contributed by atoms with Crippen molar-refractivity contribution >= 4 is 23.2 Å². The number of hydrogen-bond acceptors (Lipinski definition) is 3. The maximum absolute atomic E-state index is 13.3. The second-order valence-electron chi connectivity index (χ2n) is 5.15. The Kier molecular flexibility index (Phi) is 5.00.